The van der Waals surface area contributed by atoms with Crippen LogP contribution in [0.2, 0.25) is 0 Å². The molecule has 1 aromatic rings. The van der Waals surface area contributed by atoms with Crippen LogP contribution in [-0.2, 0) is 4.74 Å². The van der Waals surface area contributed by atoms with E-state index in [2.05, 4.69) is 11.8 Å². The van der Waals surface area contributed by atoms with Crippen LogP contribution in [0.1, 0.15) is 24.8 Å². The lowest BCUT2D eigenvalue weighted by Gasteiger charge is -2.23. The second kappa shape index (κ2) is 7.31. The van der Waals surface area contributed by atoms with Crippen molar-refractivity contribution in [2.24, 2.45) is 0 Å². The highest BCUT2D eigenvalue weighted by Gasteiger charge is 2.16. The quantitative estimate of drug-likeness (QED) is 0.616. The van der Waals surface area contributed by atoms with E-state index in [0.717, 1.165) is 30.8 Å². The second-order valence-electron chi connectivity index (χ2n) is 4.19. The molecule has 0 aliphatic carbocycles. The Morgan fingerprint density at radius 2 is 2.28 bits per heavy atom. The molecule has 1 fully saturated rings. The maximum Gasteiger partial charge on any atom is 0.135 e. The van der Waals surface area contributed by atoms with E-state index in [4.69, 9.17) is 21.1 Å². The van der Waals surface area contributed by atoms with Gasteiger partial charge in [0.05, 0.1) is 12.2 Å². The number of hydrogen-bond acceptors (Lipinski definition) is 2. The van der Waals surface area contributed by atoms with Crippen LogP contribution >= 0.6 is 11.6 Å². The molecule has 1 heterocycles. The van der Waals surface area contributed by atoms with Crippen molar-refractivity contribution >= 4 is 11.6 Å². The standard InChI is InChI=1S/C15H17ClO2/c16-10-4-3-7-13-6-1-2-9-15(13)18-14-8-5-11-17-12-14/h1-2,6,9,14H,4-5,8,10-12H2. The molecule has 2 nitrogen and oxygen atoms in total. The van der Waals surface area contributed by atoms with Gasteiger partial charge in [-0.25, -0.2) is 0 Å². The van der Waals surface area contributed by atoms with E-state index in [1.54, 1.807) is 0 Å². The van der Waals surface area contributed by atoms with Gasteiger partial charge in [-0.05, 0) is 25.0 Å². The van der Waals surface area contributed by atoms with Crippen LogP contribution in [0, 0.1) is 11.8 Å². The number of hydrogen-bond donors (Lipinski definition) is 0. The predicted octanol–water partition coefficient (Wildman–Crippen LogP) is 3.22. The summed E-state index contributed by atoms with van der Waals surface area (Å²) in [6.07, 6.45) is 2.95. The first-order chi connectivity index (χ1) is 8.90. The normalized spacial score (nSPS) is 18.8. The van der Waals surface area contributed by atoms with Crippen molar-refractivity contribution < 1.29 is 9.47 Å². The molecule has 1 saturated heterocycles. The van der Waals surface area contributed by atoms with Crippen LogP contribution in [-0.4, -0.2) is 25.2 Å². The van der Waals surface area contributed by atoms with Crippen molar-refractivity contribution in [2.75, 3.05) is 19.1 Å². The van der Waals surface area contributed by atoms with Crippen LogP contribution < -0.4 is 4.74 Å². The van der Waals surface area contributed by atoms with Crippen molar-refractivity contribution in [3.05, 3.63) is 29.8 Å². The SMILES string of the molecule is ClCCC#Cc1ccccc1OC1CCCOC1. The Balaban J connectivity index is 2.05. The van der Waals surface area contributed by atoms with Crippen LogP contribution in [0.3, 0.4) is 0 Å². The Kier molecular flexibility index (Phi) is 5.38. The lowest BCUT2D eigenvalue weighted by molar-refractivity contribution is 0.00732. The molecule has 0 saturated carbocycles. The minimum Gasteiger partial charge on any atom is -0.487 e. The third kappa shape index (κ3) is 3.94. The van der Waals surface area contributed by atoms with Gasteiger partial charge in [0.1, 0.15) is 11.9 Å². The third-order valence-electron chi connectivity index (χ3n) is 2.74. The van der Waals surface area contributed by atoms with Crippen molar-refractivity contribution in [1.29, 1.82) is 0 Å². The molecule has 0 amide bonds. The minimum atomic E-state index is 0.148. The zero-order valence-electron chi connectivity index (χ0n) is 10.3. The Labute approximate surface area is 113 Å². The topological polar surface area (TPSA) is 18.5 Å². The Bertz CT molecular complexity index is 428. The van der Waals surface area contributed by atoms with Gasteiger partial charge < -0.3 is 9.47 Å². The van der Waals surface area contributed by atoms with Gasteiger partial charge in [0.25, 0.3) is 0 Å². The summed E-state index contributed by atoms with van der Waals surface area (Å²) in [4.78, 5) is 0. The van der Waals surface area contributed by atoms with Gasteiger partial charge in [-0.15, -0.1) is 11.6 Å². The minimum absolute atomic E-state index is 0.148. The van der Waals surface area contributed by atoms with E-state index in [-0.39, 0.29) is 6.10 Å². The van der Waals surface area contributed by atoms with Crippen molar-refractivity contribution in [3.8, 4) is 17.6 Å². The summed E-state index contributed by atoms with van der Waals surface area (Å²) >= 11 is 5.61. The first-order valence-corrected chi connectivity index (χ1v) is 6.82. The fourth-order valence-electron chi connectivity index (χ4n) is 1.86. The number of halogens is 1. The van der Waals surface area contributed by atoms with Gasteiger partial charge in [0, 0.05) is 18.9 Å². The van der Waals surface area contributed by atoms with Gasteiger partial charge in [-0.2, -0.15) is 0 Å². The fraction of sp³-hybridized carbons (Fsp3) is 0.467. The van der Waals surface area contributed by atoms with Crippen molar-refractivity contribution in [1.82, 2.24) is 0 Å². The van der Waals surface area contributed by atoms with Gasteiger partial charge in [0.15, 0.2) is 0 Å². The van der Waals surface area contributed by atoms with E-state index in [1.165, 1.54) is 0 Å². The maximum atomic E-state index is 5.96. The van der Waals surface area contributed by atoms with Gasteiger partial charge >= 0.3 is 0 Å². The Morgan fingerprint density at radius 3 is 3.06 bits per heavy atom. The molecule has 2 rings (SSSR count). The fourth-order valence-corrected chi connectivity index (χ4v) is 1.96. The summed E-state index contributed by atoms with van der Waals surface area (Å²) in [5, 5.41) is 0. The van der Waals surface area contributed by atoms with E-state index in [9.17, 15) is 0 Å². The number of para-hydroxylation sites is 1. The molecule has 1 aliphatic rings. The smallest absolute Gasteiger partial charge is 0.135 e. The zero-order valence-corrected chi connectivity index (χ0v) is 11.1. The average Bonchev–Trinajstić information content (AvgIpc) is 2.42. The van der Waals surface area contributed by atoms with Gasteiger partial charge in [0.2, 0.25) is 0 Å². The Hall–Kier alpha value is -1.17. The molecular weight excluding hydrogens is 248 g/mol. The van der Waals surface area contributed by atoms with E-state index >= 15 is 0 Å². The summed E-state index contributed by atoms with van der Waals surface area (Å²) in [7, 11) is 0. The summed E-state index contributed by atoms with van der Waals surface area (Å²) < 4.78 is 11.4. The Morgan fingerprint density at radius 1 is 1.39 bits per heavy atom. The molecule has 1 unspecified atom stereocenters. The average molecular weight is 265 g/mol. The molecule has 0 spiro atoms. The lowest BCUT2D eigenvalue weighted by atomic mass is 10.1. The molecule has 0 bridgehead atoms. The highest BCUT2D eigenvalue weighted by Crippen LogP contribution is 2.21. The number of benzene rings is 1. The van der Waals surface area contributed by atoms with Crippen LogP contribution in [0.15, 0.2) is 24.3 Å². The van der Waals surface area contributed by atoms with Crippen molar-refractivity contribution in [3.63, 3.8) is 0 Å². The lowest BCUT2D eigenvalue weighted by Crippen LogP contribution is -2.28. The van der Waals surface area contributed by atoms with Gasteiger partial charge in [-0.1, -0.05) is 24.0 Å². The molecule has 1 aromatic carbocycles. The summed E-state index contributed by atoms with van der Waals surface area (Å²) in [5.74, 6) is 7.54. The second-order valence-corrected chi connectivity index (χ2v) is 4.57. The molecule has 0 radical (unpaired) electrons. The monoisotopic (exact) mass is 264 g/mol. The summed E-state index contributed by atoms with van der Waals surface area (Å²) in [6.45, 7) is 1.51. The first-order valence-electron chi connectivity index (χ1n) is 6.28. The van der Waals surface area contributed by atoms with E-state index < -0.39 is 0 Å². The molecular formula is C15H17ClO2. The number of alkyl halides is 1. The molecule has 0 N–H and O–H groups in total. The first kappa shape index (κ1) is 13.3. The predicted molar refractivity (Wildman–Crippen MR) is 73.1 cm³/mol. The number of rotatable bonds is 3. The van der Waals surface area contributed by atoms with E-state index in [1.807, 2.05) is 24.3 Å². The van der Waals surface area contributed by atoms with Crippen LogP contribution in [0.25, 0.3) is 0 Å². The van der Waals surface area contributed by atoms with E-state index in [0.29, 0.717) is 18.9 Å². The third-order valence-corrected chi connectivity index (χ3v) is 2.93. The molecule has 18 heavy (non-hydrogen) atoms. The van der Waals surface area contributed by atoms with Gasteiger partial charge in [-0.3, -0.25) is 0 Å². The van der Waals surface area contributed by atoms with Crippen LogP contribution in [0.4, 0.5) is 0 Å². The molecule has 1 atom stereocenters. The van der Waals surface area contributed by atoms with Crippen molar-refractivity contribution in [2.45, 2.75) is 25.4 Å². The maximum absolute atomic E-state index is 5.96. The summed E-state index contributed by atoms with van der Waals surface area (Å²) in [5.41, 5.74) is 0.924. The largest absolute Gasteiger partial charge is 0.487 e. The highest BCUT2D eigenvalue weighted by molar-refractivity contribution is 6.18. The molecule has 1 aliphatic heterocycles. The highest BCUT2D eigenvalue weighted by atomic mass is 35.5. The molecule has 96 valence electrons. The zero-order chi connectivity index (χ0) is 12.6. The number of ether oxygens (including phenoxy) is 2. The van der Waals surface area contributed by atoms with Crippen LogP contribution in [0.5, 0.6) is 5.75 Å². The summed E-state index contributed by atoms with van der Waals surface area (Å²) in [6, 6.07) is 7.86. The molecule has 0 aromatic heterocycles. The molecule has 3 heteroatoms.